The monoisotopic (exact) mass is 411 g/mol. The maximum absolute atomic E-state index is 13.8. The summed E-state index contributed by atoms with van der Waals surface area (Å²) in [6.07, 6.45) is 2.32. The minimum absolute atomic E-state index is 0. The van der Waals surface area contributed by atoms with E-state index in [4.69, 9.17) is 5.73 Å². The Morgan fingerprint density at radius 1 is 1.23 bits per heavy atom. The van der Waals surface area contributed by atoms with Gasteiger partial charge >= 0.3 is 0 Å². The van der Waals surface area contributed by atoms with Crippen molar-refractivity contribution < 1.29 is 22.0 Å². The van der Waals surface area contributed by atoms with Crippen LogP contribution < -0.4 is 11.1 Å². The zero-order valence-corrected chi connectivity index (χ0v) is 15.9. The number of halogens is 3. The normalized spacial score (nSPS) is 16.1. The van der Waals surface area contributed by atoms with Crippen molar-refractivity contribution in [3.8, 4) is 0 Å². The Bertz CT molecular complexity index is 711. The van der Waals surface area contributed by atoms with Gasteiger partial charge in [0.05, 0.1) is 0 Å². The van der Waals surface area contributed by atoms with E-state index in [1.165, 1.54) is 0 Å². The molecule has 2 rings (SSSR count). The van der Waals surface area contributed by atoms with E-state index in [2.05, 4.69) is 5.32 Å². The molecule has 3 N–H and O–H groups in total. The van der Waals surface area contributed by atoms with Gasteiger partial charge in [-0.2, -0.15) is 4.31 Å². The molecule has 148 valence electrons. The lowest BCUT2D eigenvalue weighted by atomic mass is 9.97. The van der Waals surface area contributed by atoms with Gasteiger partial charge in [-0.25, -0.2) is 17.2 Å². The second-order valence-corrected chi connectivity index (χ2v) is 7.95. The maximum Gasteiger partial charge on any atom is 0.246 e. The van der Waals surface area contributed by atoms with Crippen LogP contribution in [0.4, 0.5) is 8.78 Å². The van der Waals surface area contributed by atoms with E-state index in [-0.39, 0.29) is 37.3 Å². The number of sulfonamides is 1. The van der Waals surface area contributed by atoms with Gasteiger partial charge in [-0.3, -0.25) is 4.79 Å². The predicted octanol–water partition coefficient (Wildman–Crippen LogP) is 1.64. The van der Waals surface area contributed by atoms with E-state index < -0.39 is 26.6 Å². The lowest BCUT2D eigenvalue weighted by Crippen LogP contribution is -2.43. The van der Waals surface area contributed by atoms with Crippen molar-refractivity contribution in [3.63, 3.8) is 0 Å². The zero-order valence-electron chi connectivity index (χ0n) is 14.3. The van der Waals surface area contributed by atoms with Crippen molar-refractivity contribution in [2.75, 3.05) is 26.2 Å². The summed E-state index contributed by atoms with van der Waals surface area (Å²) in [5.74, 6) is -2.18. The Kier molecular flexibility index (Phi) is 8.88. The molecule has 1 aliphatic heterocycles. The summed E-state index contributed by atoms with van der Waals surface area (Å²) in [6.45, 7) is 1.31. The van der Waals surface area contributed by atoms with Crippen molar-refractivity contribution in [1.82, 2.24) is 9.62 Å². The number of benzene rings is 1. The van der Waals surface area contributed by atoms with Crippen LogP contribution in [0.2, 0.25) is 0 Å². The average molecular weight is 412 g/mol. The van der Waals surface area contributed by atoms with Crippen LogP contribution in [0.15, 0.2) is 23.1 Å². The topological polar surface area (TPSA) is 92.5 Å². The van der Waals surface area contributed by atoms with Crippen LogP contribution in [0.5, 0.6) is 0 Å². The highest BCUT2D eigenvalue weighted by Gasteiger charge is 2.33. The summed E-state index contributed by atoms with van der Waals surface area (Å²) in [5.41, 5.74) is 5.39. The molecule has 0 unspecified atom stereocenters. The van der Waals surface area contributed by atoms with Gasteiger partial charge < -0.3 is 11.1 Å². The summed E-state index contributed by atoms with van der Waals surface area (Å²) in [5, 5.41) is 2.82. The van der Waals surface area contributed by atoms with Gasteiger partial charge in [0.1, 0.15) is 16.5 Å². The summed E-state index contributed by atoms with van der Waals surface area (Å²) in [4.78, 5) is 11.4. The van der Waals surface area contributed by atoms with Gasteiger partial charge in [0.15, 0.2) is 0 Å². The van der Waals surface area contributed by atoms with Gasteiger partial charge in [-0.15, -0.1) is 12.4 Å². The Morgan fingerprint density at radius 2 is 1.88 bits per heavy atom. The first-order valence-corrected chi connectivity index (χ1v) is 9.73. The van der Waals surface area contributed by atoms with Gasteiger partial charge in [0.25, 0.3) is 0 Å². The Balaban J connectivity index is 0.00000338. The van der Waals surface area contributed by atoms with Gasteiger partial charge in [-0.1, -0.05) is 0 Å². The van der Waals surface area contributed by atoms with E-state index in [0.717, 1.165) is 29.3 Å². The van der Waals surface area contributed by atoms with Gasteiger partial charge in [0, 0.05) is 25.6 Å². The fraction of sp³-hybridized carbons (Fsp3) is 0.562. The number of hydrogen-bond donors (Lipinski definition) is 2. The third kappa shape index (κ3) is 5.60. The molecular formula is C16H24ClF2N3O3S. The molecule has 1 fully saturated rings. The SMILES string of the molecule is Cl.NCCCCNC(=O)C1CCN(S(=O)(=O)c2cc(F)ccc2F)CC1. The number of unbranched alkanes of at least 4 members (excludes halogenated alkanes) is 1. The smallest absolute Gasteiger partial charge is 0.246 e. The van der Waals surface area contributed by atoms with Crippen molar-refractivity contribution >= 4 is 28.3 Å². The first-order valence-electron chi connectivity index (χ1n) is 8.29. The highest BCUT2D eigenvalue weighted by Crippen LogP contribution is 2.26. The molecule has 0 radical (unpaired) electrons. The number of rotatable bonds is 7. The molecule has 0 aromatic heterocycles. The van der Waals surface area contributed by atoms with Crippen LogP contribution in [0.25, 0.3) is 0 Å². The van der Waals surface area contributed by atoms with E-state index in [9.17, 15) is 22.0 Å². The van der Waals surface area contributed by atoms with Crippen LogP contribution in [-0.4, -0.2) is 44.8 Å². The quantitative estimate of drug-likeness (QED) is 0.667. The third-order valence-electron chi connectivity index (χ3n) is 4.27. The summed E-state index contributed by atoms with van der Waals surface area (Å²) in [7, 11) is -4.12. The summed E-state index contributed by atoms with van der Waals surface area (Å²) < 4.78 is 53.1. The van der Waals surface area contributed by atoms with Gasteiger partial charge in [0.2, 0.25) is 15.9 Å². The second kappa shape index (κ2) is 10.1. The average Bonchev–Trinajstić information content (AvgIpc) is 2.60. The number of piperidine rings is 1. The highest BCUT2D eigenvalue weighted by atomic mass is 35.5. The van der Waals surface area contributed by atoms with Crippen LogP contribution in [-0.2, 0) is 14.8 Å². The third-order valence-corrected chi connectivity index (χ3v) is 6.18. The first kappa shape index (κ1) is 22.8. The van der Waals surface area contributed by atoms with Crippen LogP contribution in [0.1, 0.15) is 25.7 Å². The minimum atomic E-state index is -4.12. The molecule has 0 bridgehead atoms. The van der Waals surface area contributed by atoms with Crippen molar-refractivity contribution in [2.24, 2.45) is 11.7 Å². The number of nitrogens with one attached hydrogen (secondary N) is 1. The number of amides is 1. The number of hydrogen-bond acceptors (Lipinski definition) is 4. The molecule has 0 spiro atoms. The van der Waals surface area contributed by atoms with E-state index in [0.29, 0.717) is 32.0 Å². The standard InChI is InChI=1S/C16H23F2N3O3S.ClH/c17-13-3-4-14(18)15(11-13)25(23,24)21-9-5-12(6-10-21)16(22)20-8-2-1-7-19;/h3-4,11-12H,1-2,5-10,19H2,(H,20,22);1H. The van der Waals surface area contributed by atoms with Crippen LogP contribution in [0, 0.1) is 17.6 Å². The first-order chi connectivity index (χ1) is 11.9. The lowest BCUT2D eigenvalue weighted by Gasteiger charge is -2.30. The fourth-order valence-corrected chi connectivity index (χ4v) is 4.34. The van der Waals surface area contributed by atoms with Crippen LogP contribution >= 0.6 is 12.4 Å². The molecule has 1 aliphatic rings. The molecule has 10 heteroatoms. The van der Waals surface area contributed by atoms with Crippen molar-refractivity contribution in [1.29, 1.82) is 0 Å². The van der Waals surface area contributed by atoms with Crippen molar-refractivity contribution in [3.05, 3.63) is 29.8 Å². The summed E-state index contributed by atoms with van der Waals surface area (Å²) >= 11 is 0. The molecule has 1 amide bonds. The lowest BCUT2D eigenvalue weighted by molar-refractivity contribution is -0.126. The fourth-order valence-electron chi connectivity index (χ4n) is 2.80. The number of nitrogens with two attached hydrogens (primary N) is 1. The van der Waals surface area contributed by atoms with Crippen molar-refractivity contribution in [2.45, 2.75) is 30.6 Å². The second-order valence-electron chi connectivity index (χ2n) is 6.04. The molecule has 1 aromatic carbocycles. The number of nitrogens with zero attached hydrogens (tertiary/aromatic N) is 1. The van der Waals surface area contributed by atoms with E-state index in [1.54, 1.807) is 0 Å². The summed E-state index contributed by atoms with van der Waals surface area (Å²) in [6, 6.07) is 2.35. The number of carbonyl (C=O) groups is 1. The Morgan fingerprint density at radius 3 is 2.50 bits per heavy atom. The molecule has 6 nitrogen and oxygen atoms in total. The Hall–Kier alpha value is -1.29. The van der Waals surface area contributed by atoms with E-state index in [1.807, 2.05) is 0 Å². The number of carbonyl (C=O) groups excluding carboxylic acids is 1. The molecule has 26 heavy (non-hydrogen) atoms. The maximum atomic E-state index is 13.8. The molecule has 1 aromatic rings. The van der Waals surface area contributed by atoms with Gasteiger partial charge in [-0.05, 0) is 50.4 Å². The molecule has 0 atom stereocenters. The molecule has 1 saturated heterocycles. The largest absolute Gasteiger partial charge is 0.356 e. The Labute approximate surface area is 158 Å². The predicted molar refractivity (Wildman–Crippen MR) is 96.4 cm³/mol. The molecule has 0 aliphatic carbocycles. The molecular weight excluding hydrogens is 388 g/mol. The van der Waals surface area contributed by atoms with Crippen LogP contribution in [0.3, 0.4) is 0 Å². The molecule has 0 saturated carbocycles. The molecule has 1 heterocycles. The minimum Gasteiger partial charge on any atom is -0.356 e. The zero-order chi connectivity index (χ0) is 18.4. The van der Waals surface area contributed by atoms with E-state index >= 15 is 0 Å². The highest BCUT2D eigenvalue weighted by molar-refractivity contribution is 7.89.